The van der Waals surface area contributed by atoms with Gasteiger partial charge in [-0.1, -0.05) is 39.0 Å². The van der Waals surface area contributed by atoms with E-state index < -0.39 is 0 Å². The Kier molecular flexibility index (Phi) is 3.55. The molecule has 1 aromatic rings. The van der Waals surface area contributed by atoms with Crippen LogP contribution in [-0.4, -0.2) is 0 Å². The Morgan fingerprint density at radius 3 is 2.38 bits per heavy atom. The maximum atomic E-state index is 9.08. The van der Waals surface area contributed by atoms with Gasteiger partial charge in [0.15, 0.2) is 0 Å². The fourth-order valence-electron chi connectivity index (χ4n) is 1.66. The first kappa shape index (κ1) is 12.5. The minimum Gasteiger partial charge on any atom is -0.192 e. The number of hydrogen-bond donors (Lipinski definition) is 0. The van der Waals surface area contributed by atoms with Gasteiger partial charge in [0.25, 0.3) is 0 Å². The summed E-state index contributed by atoms with van der Waals surface area (Å²) in [4.78, 5) is 0. The number of allylic oxidation sites excluding steroid dienone is 2. The molecular formula is C15H19N. The molecule has 0 amide bonds. The molecule has 0 atom stereocenters. The largest absolute Gasteiger partial charge is 0.192 e. The summed E-state index contributed by atoms with van der Waals surface area (Å²) in [7, 11) is 0. The maximum Gasteiger partial charge on any atom is 0.0994 e. The summed E-state index contributed by atoms with van der Waals surface area (Å²) in [5.41, 5.74) is 4.35. The molecule has 0 aliphatic rings. The van der Waals surface area contributed by atoms with Gasteiger partial charge in [-0.3, -0.25) is 0 Å². The van der Waals surface area contributed by atoms with E-state index in [1.165, 1.54) is 5.56 Å². The SMILES string of the molecule is C/C=C(\C#N)c1cc(C(C)(C)C)ccc1C. The molecule has 0 aliphatic heterocycles. The van der Waals surface area contributed by atoms with Gasteiger partial charge in [0.1, 0.15) is 0 Å². The highest BCUT2D eigenvalue weighted by atomic mass is 14.3. The van der Waals surface area contributed by atoms with Gasteiger partial charge in [0.2, 0.25) is 0 Å². The lowest BCUT2D eigenvalue weighted by Gasteiger charge is -2.20. The molecule has 0 aromatic heterocycles. The maximum absolute atomic E-state index is 9.08. The first-order valence-electron chi connectivity index (χ1n) is 5.58. The second-order valence-electron chi connectivity index (χ2n) is 5.09. The second-order valence-corrected chi connectivity index (χ2v) is 5.09. The zero-order chi connectivity index (χ0) is 12.3. The normalized spacial score (nSPS) is 12.4. The highest BCUT2D eigenvalue weighted by Gasteiger charge is 2.15. The third kappa shape index (κ3) is 2.52. The molecule has 0 N–H and O–H groups in total. The minimum atomic E-state index is 0.122. The van der Waals surface area contributed by atoms with Crippen LogP contribution >= 0.6 is 0 Å². The zero-order valence-electron chi connectivity index (χ0n) is 10.8. The molecule has 0 heterocycles. The Hall–Kier alpha value is -1.55. The first-order valence-corrected chi connectivity index (χ1v) is 5.58. The van der Waals surface area contributed by atoms with Gasteiger partial charge < -0.3 is 0 Å². The van der Waals surface area contributed by atoms with E-state index in [2.05, 4.69) is 45.0 Å². The highest BCUT2D eigenvalue weighted by molar-refractivity contribution is 5.78. The van der Waals surface area contributed by atoms with Gasteiger partial charge in [0.05, 0.1) is 11.6 Å². The number of benzene rings is 1. The van der Waals surface area contributed by atoms with Gasteiger partial charge in [0, 0.05) is 0 Å². The van der Waals surface area contributed by atoms with Crippen LogP contribution in [0.5, 0.6) is 0 Å². The molecule has 1 nitrogen and oxygen atoms in total. The Balaban J connectivity index is 3.37. The molecule has 84 valence electrons. The summed E-state index contributed by atoms with van der Waals surface area (Å²) in [6.07, 6.45) is 1.87. The van der Waals surface area contributed by atoms with Crippen molar-refractivity contribution in [2.45, 2.75) is 40.0 Å². The Bertz CT molecular complexity index is 453. The lowest BCUT2D eigenvalue weighted by molar-refractivity contribution is 0.590. The van der Waals surface area contributed by atoms with E-state index in [-0.39, 0.29) is 5.41 Å². The predicted molar refractivity (Wildman–Crippen MR) is 69.1 cm³/mol. The second kappa shape index (κ2) is 4.53. The predicted octanol–water partition coefficient (Wildman–Crippen LogP) is 4.22. The van der Waals surface area contributed by atoms with Gasteiger partial charge >= 0.3 is 0 Å². The average molecular weight is 213 g/mol. The Labute approximate surface area is 98.4 Å². The van der Waals surface area contributed by atoms with Crippen molar-refractivity contribution in [2.75, 3.05) is 0 Å². The summed E-state index contributed by atoms with van der Waals surface area (Å²) in [5.74, 6) is 0. The molecule has 0 saturated carbocycles. The summed E-state index contributed by atoms with van der Waals surface area (Å²) in [5, 5.41) is 9.08. The van der Waals surface area contributed by atoms with Crippen LogP contribution in [0.2, 0.25) is 0 Å². The van der Waals surface area contributed by atoms with E-state index in [0.717, 1.165) is 16.7 Å². The van der Waals surface area contributed by atoms with Crippen LogP contribution in [0.15, 0.2) is 24.3 Å². The fraction of sp³-hybridized carbons (Fsp3) is 0.400. The fourth-order valence-corrected chi connectivity index (χ4v) is 1.66. The van der Waals surface area contributed by atoms with Crippen molar-refractivity contribution in [3.05, 3.63) is 41.0 Å². The van der Waals surface area contributed by atoms with E-state index in [4.69, 9.17) is 5.26 Å². The van der Waals surface area contributed by atoms with Crippen LogP contribution in [-0.2, 0) is 5.41 Å². The van der Waals surface area contributed by atoms with E-state index in [1.54, 1.807) is 0 Å². The van der Waals surface area contributed by atoms with Crippen LogP contribution in [0, 0.1) is 18.3 Å². The Morgan fingerprint density at radius 1 is 1.31 bits per heavy atom. The van der Waals surface area contributed by atoms with Crippen LogP contribution < -0.4 is 0 Å². The minimum absolute atomic E-state index is 0.122. The molecule has 0 fully saturated rings. The number of hydrogen-bond acceptors (Lipinski definition) is 1. The number of rotatable bonds is 1. The standard InChI is InChI=1S/C15H19N/c1-6-12(10-16)14-9-13(15(3,4)5)8-7-11(14)2/h6-9H,1-5H3/b12-6+. The van der Waals surface area contributed by atoms with Crippen molar-refractivity contribution in [3.8, 4) is 6.07 Å². The molecule has 0 spiro atoms. The van der Waals surface area contributed by atoms with Crippen LogP contribution in [0.1, 0.15) is 44.4 Å². The number of nitriles is 1. The van der Waals surface area contributed by atoms with Crippen molar-refractivity contribution in [3.63, 3.8) is 0 Å². The number of aryl methyl sites for hydroxylation is 1. The van der Waals surface area contributed by atoms with E-state index in [1.807, 2.05) is 19.9 Å². The Morgan fingerprint density at radius 2 is 1.94 bits per heavy atom. The van der Waals surface area contributed by atoms with E-state index >= 15 is 0 Å². The molecule has 16 heavy (non-hydrogen) atoms. The van der Waals surface area contributed by atoms with Crippen molar-refractivity contribution >= 4 is 5.57 Å². The van der Waals surface area contributed by atoms with Crippen LogP contribution in [0.4, 0.5) is 0 Å². The molecule has 0 bridgehead atoms. The van der Waals surface area contributed by atoms with Crippen molar-refractivity contribution < 1.29 is 0 Å². The van der Waals surface area contributed by atoms with Gasteiger partial charge in [-0.25, -0.2) is 0 Å². The lowest BCUT2D eigenvalue weighted by atomic mass is 9.84. The third-order valence-electron chi connectivity index (χ3n) is 2.80. The van der Waals surface area contributed by atoms with E-state index in [9.17, 15) is 0 Å². The van der Waals surface area contributed by atoms with Crippen molar-refractivity contribution in [1.82, 2.24) is 0 Å². The smallest absolute Gasteiger partial charge is 0.0994 e. The van der Waals surface area contributed by atoms with Crippen LogP contribution in [0.3, 0.4) is 0 Å². The quantitative estimate of drug-likeness (QED) is 0.641. The number of nitrogens with zero attached hydrogens (tertiary/aromatic N) is 1. The van der Waals surface area contributed by atoms with Crippen LogP contribution in [0.25, 0.3) is 5.57 Å². The van der Waals surface area contributed by atoms with Crippen molar-refractivity contribution in [2.24, 2.45) is 0 Å². The molecule has 1 rings (SSSR count). The average Bonchev–Trinajstić information content (AvgIpc) is 2.20. The van der Waals surface area contributed by atoms with Gasteiger partial charge in [-0.05, 0) is 42.0 Å². The highest BCUT2D eigenvalue weighted by Crippen LogP contribution is 2.27. The summed E-state index contributed by atoms with van der Waals surface area (Å²) in [6, 6.07) is 8.62. The lowest BCUT2D eigenvalue weighted by Crippen LogP contribution is -2.11. The summed E-state index contributed by atoms with van der Waals surface area (Å²) >= 11 is 0. The zero-order valence-corrected chi connectivity index (χ0v) is 10.8. The van der Waals surface area contributed by atoms with Gasteiger partial charge in [-0.2, -0.15) is 5.26 Å². The molecule has 0 unspecified atom stereocenters. The third-order valence-corrected chi connectivity index (χ3v) is 2.80. The summed E-state index contributed by atoms with van der Waals surface area (Å²) < 4.78 is 0. The molecule has 0 aliphatic carbocycles. The monoisotopic (exact) mass is 213 g/mol. The topological polar surface area (TPSA) is 23.8 Å². The summed E-state index contributed by atoms with van der Waals surface area (Å²) in [6.45, 7) is 10.5. The molecule has 1 heteroatoms. The molecule has 0 saturated heterocycles. The molecular weight excluding hydrogens is 194 g/mol. The molecule has 1 aromatic carbocycles. The van der Waals surface area contributed by atoms with Crippen molar-refractivity contribution in [1.29, 1.82) is 5.26 Å². The molecule has 0 radical (unpaired) electrons. The first-order chi connectivity index (χ1) is 7.40. The van der Waals surface area contributed by atoms with Gasteiger partial charge in [-0.15, -0.1) is 0 Å². The van der Waals surface area contributed by atoms with E-state index in [0.29, 0.717) is 0 Å².